The van der Waals surface area contributed by atoms with Crippen molar-refractivity contribution >= 4 is 17.0 Å². The summed E-state index contributed by atoms with van der Waals surface area (Å²) in [7, 11) is 0. The molecule has 0 bridgehead atoms. The van der Waals surface area contributed by atoms with Gasteiger partial charge in [-0.25, -0.2) is 4.98 Å². The molecule has 102 valence electrons. The van der Waals surface area contributed by atoms with Gasteiger partial charge in [-0.3, -0.25) is 0 Å². The van der Waals surface area contributed by atoms with Crippen LogP contribution in [0.1, 0.15) is 26.7 Å². The Bertz CT molecular complexity index is 513. The number of rotatable bonds is 4. The minimum atomic E-state index is 0.540. The highest BCUT2D eigenvalue weighted by Gasteiger charge is 2.26. The second-order valence-electron chi connectivity index (χ2n) is 5.63. The van der Waals surface area contributed by atoms with Crippen molar-refractivity contribution in [3.05, 3.63) is 24.3 Å². The molecule has 1 fully saturated rings. The van der Waals surface area contributed by atoms with E-state index in [2.05, 4.69) is 41.2 Å². The van der Waals surface area contributed by atoms with Crippen molar-refractivity contribution in [2.45, 2.75) is 38.8 Å². The molecule has 1 aliphatic heterocycles. The van der Waals surface area contributed by atoms with E-state index in [1.807, 2.05) is 12.1 Å². The summed E-state index contributed by atoms with van der Waals surface area (Å²) < 4.78 is 0. The Hall–Kier alpha value is -1.55. The topological polar surface area (TPSA) is 44.0 Å². The van der Waals surface area contributed by atoms with E-state index in [0.717, 1.165) is 30.1 Å². The number of anilines is 1. The molecule has 2 aromatic rings. The molecule has 0 spiro atoms. The van der Waals surface area contributed by atoms with Gasteiger partial charge in [0.05, 0.1) is 11.0 Å². The molecule has 0 radical (unpaired) electrons. The normalized spacial score (nSPS) is 19.7. The second-order valence-corrected chi connectivity index (χ2v) is 5.63. The van der Waals surface area contributed by atoms with Gasteiger partial charge in [0.1, 0.15) is 0 Å². The Kier molecular flexibility index (Phi) is 3.42. The average molecular weight is 258 g/mol. The van der Waals surface area contributed by atoms with Crippen LogP contribution in [0.5, 0.6) is 0 Å². The van der Waals surface area contributed by atoms with E-state index in [1.54, 1.807) is 0 Å². The van der Waals surface area contributed by atoms with Crippen molar-refractivity contribution in [1.29, 1.82) is 0 Å². The number of fused-ring (bicyclic) bond motifs is 1. The Morgan fingerprint density at radius 3 is 3.05 bits per heavy atom. The fourth-order valence-electron chi connectivity index (χ4n) is 2.77. The van der Waals surface area contributed by atoms with Crippen LogP contribution in [0.4, 0.5) is 5.95 Å². The first-order valence-electron chi connectivity index (χ1n) is 7.19. The maximum absolute atomic E-state index is 4.71. The van der Waals surface area contributed by atoms with Gasteiger partial charge in [0.25, 0.3) is 0 Å². The summed E-state index contributed by atoms with van der Waals surface area (Å²) in [5, 5.41) is 3.54. The Labute approximate surface area is 114 Å². The lowest BCUT2D eigenvalue weighted by atomic mass is 10.2. The van der Waals surface area contributed by atoms with Crippen LogP contribution in [0, 0.1) is 0 Å². The van der Waals surface area contributed by atoms with Gasteiger partial charge in [-0.2, -0.15) is 0 Å². The summed E-state index contributed by atoms with van der Waals surface area (Å²) in [5.74, 6) is 1.02. The number of nitrogens with one attached hydrogen (secondary N) is 2. The first-order valence-corrected chi connectivity index (χ1v) is 7.19. The summed E-state index contributed by atoms with van der Waals surface area (Å²) in [6.45, 7) is 6.53. The number of hydrogen-bond acceptors (Lipinski definition) is 3. The van der Waals surface area contributed by atoms with Crippen LogP contribution in [0.25, 0.3) is 11.0 Å². The first-order chi connectivity index (χ1) is 9.24. The second kappa shape index (κ2) is 5.21. The van der Waals surface area contributed by atoms with E-state index in [9.17, 15) is 0 Å². The van der Waals surface area contributed by atoms with Crippen LogP contribution >= 0.6 is 0 Å². The zero-order chi connectivity index (χ0) is 13.2. The van der Waals surface area contributed by atoms with Gasteiger partial charge in [0.2, 0.25) is 5.95 Å². The minimum Gasteiger partial charge on any atom is -0.338 e. The number of nitrogens with zero attached hydrogens (tertiary/aromatic N) is 2. The fraction of sp³-hybridized carbons (Fsp3) is 0.533. The summed E-state index contributed by atoms with van der Waals surface area (Å²) in [6.07, 6.45) is 2.50. The van der Waals surface area contributed by atoms with Gasteiger partial charge in [-0.15, -0.1) is 0 Å². The van der Waals surface area contributed by atoms with Crippen molar-refractivity contribution in [2.24, 2.45) is 0 Å². The molecule has 19 heavy (non-hydrogen) atoms. The largest absolute Gasteiger partial charge is 0.338 e. The van der Waals surface area contributed by atoms with E-state index < -0.39 is 0 Å². The molecule has 0 saturated carbocycles. The lowest BCUT2D eigenvalue weighted by molar-refractivity contribution is 0.521. The number of aromatic nitrogens is 2. The average Bonchev–Trinajstić information content (AvgIpc) is 3.02. The number of imidazole rings is 1. The van der Waals surface area contributed by atoms with Crippen molar-refractivity contribution < 1.29 is 0 Å². The van der Waals surface area contributed by atoms with E-state index in [0.29, 0.717) is 12.1 Å². The highest BCUT2D eigenvalue weighted by molar-refractivity contribution is 5.77. The Balaban J connectivity index is 1.79. The van der Waals surface area contributed by atoms with Crippen molar-refractivity contribution in [3.63, 3.8) is 0 Å². The molecule has 4 nitrogen and oxygen atoms in total. The molecule has 1 aromatic carbocycles. The van der Waals surface area contributed by atoms with Gasteiger partial charge < -0.3 is 15.2 Å². The van der Waals surface area contributed by atoms with Crippen molar-refractivity contribution in [1.82, 2.24) is 15.3 Å². The van der Waals surface area contributed by atoms with Crippen molar-refractivity contribution in [2.75, 3.05) is 18.0 Å². The molecule has 1 aliphatic rings. The molecule has 3 rings (SSSR count). The number of aromatic amines is 1. The molecule has 1 atom stereocenters. The molecule has 1 aromatic heterocycles. The number of benzene rings is 1. The third kappa shape index (κ3) is 2.59. The zero-order valence-corrected chi connectivity index (χ0v) is 11.7. The first kappa shape index (κ1) is 12.5. The van der Waals surface area contributed by atoms with Crippen LogP contribution in [0.15, 0.2) is 24.3 Å². The molecule has 1 unspecified atom stereocenters. The standard InChI is InChI=1S/C15H22N4/c1-11(2)16-10-12-6-5-9-19(12)15-17-13-7-3-4-8-14(13)18-15/h3-4,7-8,11-12,16H,5-6,9-10H2,1-2H3,(H,17,18). The molecular formula is C15H22N4. The van der Waals surface area contributed by atoms with Crippen molar-refractivity contribution in [3.8, 4) is 0 Å². The van der Waals surface area contributed by atoms with Gasteiger partial charge in [0.15, 0.2) is 0 Å². The molecular weight excluding hydrogens is 236 g/mol. The predicted molar refractivity (Wildman–Crippen MR) is 79.6 cm³/mol. The molecule has 0 amide bonds. The third-order valence-electron chi connectivity index (χ3n) is 3.79. The maximum Gasteiger partial charge on any atom is 0.204 e. The van der Waals surface area contributed by atoms with Crippen LogP contribution in [0.2, 0.25) is 0 Å². The monoisotopic (exact) mass is 258 g/mol. The SMILES string of the molecule is CC(C)NCC1CCCN1c1nc2ccccc2[nH]1. The van der Waals surface area contributed by atoms with E-state index >= 15 is 0 Å². The smallest absolute Gasteiger partial charge is 0.204 e. The minimum absolute atomic E-state index is 0.540. The summed E-state index contributed by atoms with van der Waals surface area (Å²) >= 11 is 0. The molecule has 4 heteroatoms. The highest BCUT2D eigenvalue weighted by Crippen LogP contribution is 2.25. The van der Waals surface area contributed by atoms with Crippen LogP contribution < -0.4 is 10.2 Å². The lowest BCUT2D eigenvalue weighted by Crippen LogP contribution is -2.40. The van der Waals surface area contributed by atoms with E-state index in [-0.39, 0.29) is 0 Å². The van der Waals surface area contributed by atoms with Gasteiger partial charge in [0, 0.05) is 25.2 Å². The number of hydrogen-bond donors (Lipinski definition) is 2. The van der Waals surface area contributed by atoms with Gasteiger partial charge >= 0.3 is 0 Å². The molecule has 2 N–H and O–H groups in total. The lowest BCUT2D eigenvalue weighted by Gasteiger charge is -2.25. The number of H-pyrrole nitrogens is 1. The quantitative estimate of drug-likeness (QED) is 0.885. The maximum atomic E-state index is 4.71. The molecule has 0 aliphatic carbocycles. The van der Waals surface area contributed by atoms with Gasteiger partial charge in [-0.1, -0.05) is 26.0 Å². The van der Waals surface area contributed by atoms with E-state index in [1.165, 1.54) is 12.8 Å². The Morgan fingerprint density at radius 2 is 2.26 bits per heavy atom. The summed E-state index contributed by atoms with van der Waals surface area (Å²) in [5.41, 5.74) is 2.18. The summed E-state index contributed by atoms with van der Waals surface area (Å²) in [4.78, 5) is 10.6. The predicted octanol–water partition coefficient (Wildman–Crippen LogP) is 2.53. The Morgan fingerprint density at radius 1 is 1.42 bits per heavy atom. The van der Waals surface area contributed by atoms with Crippen LogP contribution in [0.3, 0.4) is 0 Å². The van der Waals surface area contributed by atoms with Crippen LogP contribution in [-0.4, -0.2) is 35.1 Å². The van der Waals surface area contributed by atoms with Crippen LogP contribution in [-0.2, 0) is 0 Å². The fourth-order valence-corrected chi connectivity index (χ4v) is 2.77. The molecule has 2 heterocycles. The zero-order valence-electron chi connectivity index (χ0n) is 11.7. The highest BCUT2D eigenvalue weighted by atomic mass is 15.3. The molecule has 1 saturated heterocycles. The summed E-state index contributed by atoms with van der Waals surface area (Å²) in [6, 6.07) is 9.33. The number of para-hydroxylation sites is 2. The van der Waals surface area contributed by atoms with Gasteiger partial charge in [-0.05, 0) is 25.0 Å². The van der Waals surface area contributed by atoms with E-state index in [4.69, 9.17) is 4.98 Å². The third-order valence-corrected chi connectivity index (χ3v) is 3.79.